The quantitative estimate of drug-likeness (QED) is 0.473. The van der Waals surface area contributed by atoms with Crippen molar-refractivity contribution in [1.82, 2.24) is 5.32 Å². The molecule has 1 heterocycles. The fraction of sp³-hybridized carbons (Fsp3) is 0.259. The van der Waals surface area contributed by atoms with Crippen molar-refractivity contribution in [1.29, 1.82) is 0 Å². The lowest BCUT2D eigenvalue weighted by Crippen LogP contribution is -2.29. The second kappa shape index (κ2) is 10.2. The molecule has 3 aromatic carbocycles. The summed E-state index contributed by atoms with van der Waals surface area (Å²) in [6.45, 7) is 6.34. The highest BCUT2D eigenvalue weighted by molar-refractivity contribution is 6.05. The van der Waals surface area contributed by atoms with Gasteiger partial charge in [-0.05, 0) is 62.6 Å². The molecule has 1 fully saturated rings. The number of nitrogens with zero attached hydrogens (tertiary/aromatic N) is 1. The van der Waals surface area contributed by atoms with Gasteiger partial charge in [0.25, 0.3) is 5.91 Å². The highest BCUT2D eigenvalue weighted by atomic mass is 16.2. The molecule has 3 N–H and O–H groups in total. The van der Waals surface area contributed by atoms with Crippen molar-refractivity contribution < 1.29 is 9.59 Å². The standard InChI is InChI=1S/C27H30N4O2/c1-19-8-10-21(11-9-19)18-28-27(33)30-24-17-23(12-13-25(24)31-14-3-4-15-31)29-26(32)22-7-5-6-20(2)16-22/h5-13,16-17H,3-4,14-15,18H2,1-2H3,(H,29,32)(H2,28,30,33). The Morgan fingerprint density at radius 3 is 2.33 bits per heavy atom. The number of anilines is 3. The van der Waals surface area contributed by atoms with Gasteiger partial charge < -0.3 is 20.9 Å². The Balaban J connectivity index is 1.49. The Hall–Kier alpha value is -3.80. The van der Waals surface area contributed by atoms with E-state index in [2.05, 4.69) is 20.9 Å². The van der Waals surface area contributed by atoms with Gasteiger partial charge in [0.15, 0.2) is 0 Å². The number of rotatable bonds is 6. The van der Waals surface area contributed by atoms with E-state index in [4.69, 9.17) is 0 Å². The molecule has 0 saturated carbocycles. The summed E-state index contributed by atoms with van der Waals surface area (Å²) in [6.07, 6.45) is 2.26. The van der Waals surface area contributed by atoms with Gasteiger partial charge in [-0.2, -0.15) is 0 Å². The topological polar surface area (TPSA) is 73.5 Å². The van der Waals surface area contributed by atoms with E-state index in [-0.39, 0.29) is 11.9 Å². The third-order valence-corrected chi connectivity index (χ3v) is 5.80. The second-order valence-electron chi connectivity index (χ2n) is 8.54. The van der Waals surface area contributed by atoms with E-state index in [0.717, 1.165) is 42.7 Å². The van der Waals surface area contributed by atoms with Crippen LogP contribution in [0.25, 0.3) is 0 Å². The third-order valence-electron chi connectivity index (χ3n) is 5.80. The number of benzene rings is 3. The third kappa shape index (κ3) is 5.92. The molecular formula is C27H30N4O2. The second-order valence-corrected chi connectivity index (χ2v) is 8.54. The lowest BCUT2D eigenvalue weighted by Gasteiger charge is -2.22. The van der Waals surface area contributed by atoms with Gasteiger partial charge in [-0.15, -0.1) is 0 Å². The number of hydrogen-bond acceptors (Lipinski definition) is 3. The van der Waals surface area contributed by atoms with Gasteiger partial charge >= 0.3 is 6.03 Å². The molecule has 1 aliphatic rings. The molecule has 6 heteroatoms. The average molecular weight is 443 g/mol. The van der Waals surface area contributed by atoms with Crippen LogP contribution in [0.3, 0.4) is 0 Å². The van der Waals surface area contributed by atoms with Crippen molar-refractivity contribution in [3.8, 4) is 0 Å². The average Bonchev–Trinajstić information content (AvgIpc) is 3.33. The van der Waals surface area contributed by atoms with Crippen LogP contribution in [-0.2, 0) is 6.54 Å². The predicted molar refractivity (Wildman–Crippen MR) is 134 cm³/mol. The van der Waals surface area contributed by atoms with E-state index in [0.29, 0.717) is 23.5 Å². The molecule has 33 heavy (non-hydrogen) atoms. The Morgan fingerprint density at radius 1 is 0.848 bits per heavy atom. The first-order chi connectivity index (χ1) is 16.0. The Labute approximate surface area is 195 Å². The van der Waals surface area contributed by atoms with Crippen LogP contribution in [0.5, 0.6) is 0 Å². The van der Waals surface area contributed by atoms with Crippen LogP contribution in [-0.4, -0.2) is 25.0 Å². The van der Waals surface area contributed by atoms with Crippen LogP contribution in [0.1, 0.15) is 39.9 Å². The van der Waals surface area contributed by atoms with Crippen LogP contribution >= 0.6 is 0 Å². The maximum Gasteiger partial charge on any atom is 0.319 e. The summed E-state index contributed by atoms with van der Waals surface area (Å²) < 4.78 is 0. The molecule has 6 nitrogen and oxygen atoms in total. The van der Waals surface area contributed by atoms with Crippen molar-refractivity contribution in [2.24, 2.45) is 0 Å². The number of aryl methyl sites for hydroxylation is 2. The molecule has 3 aromatic rings. The van der Waals surface area contributed by atoms with Gasteiger partial charge in [0.1, 0.15) is 0 Å². The smallest absolute Gasteiger partial charge is 0.319 e. The van der Waals surface area contributed by atoms with Crippen molar-refractivity contribution >= 4 is 29.0 Å². The van der Waals surface area contributed by atoms with Gasteiger partial charge in [-0.25, -0.2) is 4.79 Å². The fourth-order valence-corrected chi connectivity index (χ4v) is 3.99. The summed E-state index contributed by atoms with van der Waals surface area (Å²) in [5, 5.41) is 8.86. The predicted octanol–water partition coefficient (Wildman–Crippen LogP) is 5.48. The van der Waals surface area contributed by atoms with Gasteiger partial charge in [0.2, 0.25) is 0 Å². The SMILES string of the molecule is Cc1ccc(CNC(=O)Nc2cc(NC(=O)c3cccc(C)c3)ccc2N2CCCC2)cc1. The molecule has 0 bridgehead atoms. The number of hydrogen-bond donors (Lipinski definition) is 3. The van der Waals surface area contributed by atoms with E-state index < -0.39 is 0 Å². The van der Waals surface area contributed by atoms with Crippen molar-refractivity contribution in [2.75, 3.05) is 28.6 Å². The zero-order valence-electron chi connectivity index (χ0n) is 19.2. The molecule has 1 aliphatic heterocycles. The molecule has 0 atom stereocenters. The molecule has 0 aromatic heterocycles. The van der Waals surface area contributed by atoms with Crippen LogP contribution in [0.15, 0.2) is 66.7 Å². The normalized spacial score (nSPS) is 13.0. The van der Waals surface area contributed by atoms with E-state index in [1.165, 1.54) is 5.56 Å². The molecule has 1 saturated heterocycles. The van der Waals surface area contributed by atoms with Gasteiger partial charge in [0, 0.05) is 30.9 Å². The van der Waals surface area contributed by atoms with Crippen LogP contribution in [0, 0.1) is 13.8 Å². The largest absolute Gasteiger partial charge is 0.370 e. The Bertz CT molecular complexity index is 1140. The van der Waals surface area contributed by atoms with E-state index in [1.807, 2.05) is 74.5 Å². The van der Waals surface area contributed by atoms with Crippen molar-refractivity contribution in [2.45, 2.75) is 33.2 Å². The first-order valence-electron chi connectivity index (χ1n) is 11.4. The maximum atomic E-state index is 12.7. The lowest BCUT2D eigenvalue weighted by atomic mass is 10.1. The van der Waals surface area contributed by atoms with Crippen molar-refractivity contribution in [3.05, 3.63) is 89.0 Å². The number of nitrogens with one attached hydrogen (secondary N) is 3. The molecular weight excluding hydrogens is 412 g/mol. The molecule has 4 rings (SSSR count). The van der Waals surface area contributed by atoms with Gasteiger partial charge in [-0.1, -0.05) is 47.5 Å². The van der Waals surface area contributed by atoms with Gasteiger partial charge in [-0.3, -0.25) is 4.79 Å². The summed E-state index contributed by atoms with van der Waals surface area (Å²) in [7, 11) is 0. The minimum Gasteiger partial charge on any atom is -0.370 e. The zero-order chi connectivity index (χ0) is 23.2. The number of urea groups is 1. The first kappa shape index (κ1) is 22.4. The number of carbonyl (C=O) groups excluding carboxylic acids is 2. The highest BCUT2D eigenvalue weighted by Gasteiger charge is 2.18. The van der Waals surface area contributed by atoms with Crippen LogP contribution < -0.4 is 20.9 Å². The Morgan fingerprint density at radius 2 is 1.61 bits per heavy atom. The zero-order valence-corrected chi connectivity index (χ0v) is 19.2. The first-order valence-corrected chi connectivity index (χ1v) is 11.4. The monoisotopic (exact) mass is 442 g/mol. The Kier molecular flexibility index (Phi) is 6.93. The minimum atomic E-state index is -0.279. The highest BCUT2D eigenvalue weighted by Crippen LogP contribution is 2.32. The van der Waals surface area contributed by atoms with Crippen molar-refractivity contribution in [3.63, 3.8) is 0 Å². The minimum absolute atomic E-state index is 0.178. The van der Waals surface area contributed by atoms with E-state index in [1.54, 1.807) is 6.07 Å². The fourth-order valence-electron chi connectivity index (χ4n) is 3.99. The molecule has 0 radical (unpaired) electrons. The summed E-state index contributed by atoms with van der Waals surface area (Å²) in [5.74, 6) is -0.178. The molecule has 3 amide bonds. The molecule has 0 unspecified atom stereocenters. The number of amides is 3. The summed E-state index contributed by atoms with van der Waals surface area (Å²) in [4.78, 5) is 27.7. The summed E-state index contributed by atoms with van der Waals surface area (Å²) in [6, 6.07) is 20.9. The van der Waals surface area contributed by atoms with Crippen LogP contribution in [0.2, 0.25) is 0 Å². The number of carbonyl (C=O) groups is 2. The molecule has 0 aliphatic carbocycles. The van der Waals surface area contributed by atoms with E-state index >= 15 is 0 Å². The maximum absolute atomic E-state index is 12.7. The van der Waals surface area contributed by atoms with E-state index in [9.17, 15) is 9.59 Å². The lowest BCUT2D eigenvalue weighted by molar-refractivity contribution is 0.102. The van der Waals surface area contributed by atoms with Gasteiger partial charge in [0.05, 0.1) is 11.4 Å². The molecule has 170 valence electrons. The summed E-state index contributed by atoms with van der Waals surface area (Å²) >= 11 is 0. The summed E-state index contributed by atoms with van der Waals surface area (Å²) in [5.41, 5.74) is 6.13. The van der Waals surface area contributed by atoms with Crippen LogP contribution in [0.4, 0.5) is 21.9 Å². The molecule has 0 spiro atoms.